The molecule has 0 N–H and O–H groups in total. The Morgan fingerprint density at radius 2 is 1.47 bits per heavy atom. The normalized spacial score (nSPS) is 13.8. The maximum absolute atomic E-state index is 11.9. The van der Waals surface area contributed by atoms with Crippen molar-refractivity contribution in [1.29, 1.82) is 0 Å². The SMILES string of the molecule is O=C1Oc2cc3cccc4ccc5ccc1c2c5c43. The molecular weight excluding hydrogens is 236 g/mol. The van der Waals surface area contributed by atoms with Gasteiger partial charge in [0.05, 0.1) is 5.56 Å². The fourth-order valence-corrected chi connectivity index (χ4v) is 3.22. The summed E-state index contributed by atoms with van der Waals surface area (Å²) < 4.78 is 5.39. The molecule has 0 unspecified atom stereocenters. The molecule has 0 fully saturated rings. The minimum absolute atomic E-state index is 0.243. The second kappa shape index (κ2) is 2.86. The van der Waals surface area contributed by atoms with Gasteiger partial charge in [0.15, 0.2) is 0 Å². The minimum atomic E-state index is -0.243. The topological polar surface area (TPSA) is 26.3 Å². The van der Waals surface area contributed by atoms with Gasteiger partial charge in [0.25, 0.3) is 0 Å². The molecule has 2 nitrogen and oxygen atoms in total. The first-order valence-electron chi connectivity index (χ1n) is 6.26. The van der Waals surface area contributed by atoms with Gasteiger partial charge in [0, 0.05) is 10.8 Å². The highest BCUT2D eigenvalue weighted by molar-refractivity contribution is 6.29. The maximum atomic E-state index is 11.9. The van der Waals surface area contributed by atoms with E-state index < -0.39 is 0 Å². The summed E-state index contributed by atoms with van der Waals surface area (Å²) in [6, 6.07) is 16.3. The summed E-state index contributed by atoms with van der Waals surface area (Å²) in [5.74, 6) is 0.449. The van der Waals surface area contributed by atoms with E-state index in [0.717, 1.165) is 21.5 Å². The Balaban J connectivity index is 2.25. The van der Waals surface area contributed by atoms with Gasteiger partial charge in [-0.3, -0.25) is 0 Å². The van der Waals surface area contributed by atoms with Crippen LogP contribution in [0.5, 0.6) is 5.75 Å². The molecule has 1 heterocycles. The van der Waals surface area contributed by atoms with Crippen LogP contribution in [0.25, 0.3) is 32.3 Å². The highest BCUT2D eigenvalue weighted by atomic mass is 16.5. The molecule has 0 spiro atoms. The molecule has 0 bridgehead atoms. The molecule has 0 saturated carbocycles. The first-order chi connectivity index (χ1) is 9.33. The van der Waals surface area contributed by atoms with Crippen molar-refractivity contribution in [3.05, 3.63) is 54.1 Å². The Labute approximate surface area is 108 Å². The molecular formula is C17H8O2. The van der Waals surface area contributed by atoms with Gasteiger partial charge in [-0.1, -0.05) is 36.4 Å². The summed E-state index contributed by atoms with van der Waals surface area (Å²) in [6.07, 6.45) is 0. The minimum Gasteiger partial charge on any atom is -0.422 e. The first-order valence-corrected chi connectivity index (χ1v) is 6.26. The van der Waals surface area contributed by atoms with Crippen molar-refractivity contribution in [2.75, 3.05) is 0 Å². The highest BCUT2D eigenvalue weighted by Gasteiger charge is 2.26. The van der Waals surface area contributed by atoms with E-state index >= 15 is 0 Å². The average Bonchev–Trinajstić information content (AvgIpc) is 2.76. The molecule has 0 radical (unpaired) electrons. The monoisotopic (exact) mass is 244 g/mol. The first kappa shape index (κ1) is 9.34. The fourth-order valence-electron chi connectivity index (χ4n) is 3.22. The third-order valence-corrected chi connectivity index (χ3v) is 4.01. The molecule has 19 heavy (non-hydrogen) atoms. The van der Waals surface area contributed by atoms with Crippen molar-refractivity contribution < 1.29 is 9.53 Å². The van der Waals surface area contributed by atoms with E-state index in [9.17, 15) is 4.79 Å². The van der Waals surface area contributed by atoms with Crippen molar-refractivity contribution in [1.82, 2.24) is 0 Å². The number of hydrogen-bond donors (Lipinski definition) is 0. The lowest BCUT2D eigenvalue weighted by atomic mass is 9.92. The summed E-state index contributed by atoms with van der Waals surface area (Å²) in [5, 5.41) is 6.81. The largest absolute Gasteiger partial charge is 0.422 e. The number of esters is 1. The van der Waals surface area contributed by atoms with E-state index in [-0.39, 0.29) is 5.97 Å². The van der Waals surface area contributed by atoms with Crippen LogP contribution in [0.15, 0.2) is 48.5 Å². The second-order valence-corrected chi connectivity index (χ2v) is 5.00. The molecule has 2 heteroatoms. The van der Waals surface area contributed by atoms with E-state index in [2.05, 4.69) is 24.3 Å². The molecule has 1 aliphatic heterocycles. The zero-order valence-electron chi connectivity index (χ0n) is 9.94. The number of hydrogen-bond acceptors (Lipinski definition) is 2. The number of carbonyl (C=O) groups excluding carboxylic acids is 1. The molecule has 0 amide bonds. The summed E-state index contributed by atoms with van der Waals surface area (Å²) in [5.41, 5.74) is 0.681. The number of benzene rings is 4. The number of ether oxygens (including phenoxy) is 1. The Bertz CT molecular complexity index is 998. The van der Waals surface area contributed by atoms with Crippen LogP contribution >= 0.6 is 0 Å². The van der Waals surface area contributed by atoms with E-state index in [1.54, 1.807) is 0 Å². The van der Waals surface area contributed by atoms with Crippen molar-refractivity contribution >= 4 is 38.3 Å². The van der Waals surface area contributed by atoms with Gasteiger partial charge in [-0.15, -0.1) is 0 Å². The van der Waals surface area contributed by atoms with Crippen LogP contribution in [0.3, 0.4) is 0 Å². The van der Waals surface area contributed by atoms with Gasteiger partial charge in [-0.2, -0.15) is 0 Å². The molecule has 0 aliphatic carbocycles. The van der Waals surface area contributed by atoms with Crippen molar-refractivity contribution in [3.63, 3.8) is 0 Å². The van der Waals surface area contributed by atoms with Crippen molar-refractivity contribution in [2.45, 2.75) is 0 Å². The summed E-state index contributed by atoms with van der Waals surface area (Å²) in [6.45, 7) is 0. The third kappa shape index (κ3) is 0.968. The molecule has 4 aromatic rings. The van der Waals surface area contributed by atoms with Crippen LogP contribution in [0.1, 0.15) is 10.4 Å². The van der Waals surface area contributed by atoms with Gasteiger partial charge in [-0.05, 0) is 33.7 Å². The maximum Gasteiger partial charge on any atom is 0.344 e. The van der Waals surface area contributed by atoms with E-state index in [1.807, 2.05) is 24.3 Å². The average molecular weight is 244 g/mol. The molecule has 5 rings (SSSR count). The van der Waals surface area contributed by atoms with Crippen molar-refractivity contribution in [3.8, 4) is 5.75 Å². The van der Waals surface area contributed by atoms with E-state index in [1.165, 1.54) is 10.8 Å². The Kier molecular flexibility index (Phi) is 1.40. The quantitative estimate of drug-likeness (QED) is 0.264. The van der Waals surface area contributed by atoms with Crippen LogP contribution < -0.4 is 4.74 Å². The van der Waals surface area contributed by atoms with Gasteiger partial charge in [-0.25, -0.2) is 4.79 Å². The molecule has 0 atom stereocenters. The van der Waals surface area contributed by atoms with Gasteiger partial charge in [0.2, 0.25) is 0 Å². The zero-order chi connectivity index (χ0) is 12.6. The molecule has 1 aliphatic rings. The fraction of sp³-hybridized carbons (Fsp3) is 0. The standard InChI is InChI=1S/C17H8O2/c18-17-12-7-6-10-5-4-9-2-1-3-11-8-13(19-17)16(12)15(10)14(9)11/h1-8H. The number of rotatable bonds is 0. The summed E-state index contributed by atoms with van der Waals surface area (Å²) in [4.78, 5) is 11.9. The molecule has 4 aromatic carbocycles. The van der Waals surface area contributed by atoms with Crippen LogP contribution in [0.4, 0.5) is 0 Å². The summed E-state index contributed by atoms with van der Waals surface area (Å²) in [7, 11) is 0. The predicted molar refractivity (Wildman–Crippen MR) is 75.1 cm³/mol. The predicted octanol–water partition coefficient (Wildman–Crippen LogP) is 4.12. The Hall–Kier alpha value is -2.61. The van der Waals surface area contributed by atoms with E-state index in [4.69, 9.17) is 4.74 Å². The Morgan fingerprint density at radius 3 is 2.37 bits per heavy atom. The Morgan fingerprint density at radius 1 is 0.737 bits per heavy atom. The van der Waals surface area contributed by atoms with Gasteiger partial charge < -0.3 is 4.74 Å². The smallest absolute Gasteiger partial charge is 0.344 e. The van der Waals surface area contributed by atoms with E-state index in [0.29, 0.717) is 11.3 Å². The van der Waals surface area contributed by atoms with Crippen LogP contribution in [-0.2, 0) is 0 Å². The lowest BCUT2D eigenvalue weighted by molar-refractivity contribution is 0.0754. The van der Waals surface area contributed by atoms with Crippen molar-refractivity contribution in [2.24, 2.45) is 0 Å². The van der Waals surface area contributed by atoms with Crippen LogP contribution in [0.2, 0.25) is 0 Å². The molecule has 0 saturated heterocycles. The lowest BCUT2D eigenvalue weighted by Crippen LogP contribution is -2.00. The third-order valence-electron chi connectivity index (χ3n) is 4.01. The van der Waals surface area contributed by atoms with Gasteiger partial charge >= 0.3 is 5.97 Å². The van der Waals surface area contributed by atoms with Gasteiger partial charge in [0.1, 0.15) is 5.75 Å². The lowest BCUT2D eigenvalue weighted by Gasteiger charge is -2.10. The second-order valence-electron chi connectivity index (χ2n) is 5.00. The number of carbonyl (C=O) groups is 1. The highest BCUT2D eigenvalue weighted by Crippen LogP contribution is 2.44. The zero-order valence-corrected chi connectivity index (χ0v) is 9.94. The summed E-state index contributed by atoms with van der Waals surface area (Å²) >= 11 is 0. The van der Waals surface area contributed by atoms with Crippen LogP contribution in [-0.4, -0.2) is 5.97 Å². The van der Waals surface area contributed by atoms with Crippen LogP contribution in [0, 0.1) is 0 Å². The molecule has 88 valence electrons. The molecule has 0 aromatic heterocycles.